The van der Waals surface area contributed by atoms with E-state index in [4.69, 9.17) is 4.74 Å². The highest BCUT2D eigenvalue weighted by atomic mass is 16.5. The van der Waals surface area contributed by atoms with E-state index in [1.807, 2.05) is 15.2 Å². The number of hydrogen-bond donors (Lipinski definition) is 2. The van der Waals surface area contributed by atoms with Gasteiger partial charge in [0.1, 0.15) is 18.1 Å². The Bertz CT molecular complexity index is 1070. The minimum Gasteiger partial charge on any atom is -0.394 e. The number of imidazole rings is 2. The molecule has 3 atom stereocenters. The van der Waals surface area contributed by atoms with Gasteiger partial charge in [-0.25, -0.2) is 19.6 Å². The van der Waals surface area contributed by atoms with Gasteiger partial charge in [0.2, 0.25) is 0 Å². The van der Waals surface area contributed by atoms with E-state index >= 15 is 0 Å². The maximum atomic E-state index is 9.85. The quantitative estimate of drug-likeness (QED) is 0.494. The summed E-state index contributed by atoms with van der Waals surface area (Å²) in [5.74, 6) is 0. The molecule has 2 N–H and O–H groups in total. The third kappa shape index (κ3) is 2.36. The highest BCUT2D eigenvalue weighted by Crippen LogP contribution is 2.28. The van der Waals surface area contributed by atoms with Crippen LogP contribution in [0.2, 0.25) is 0 Å². The molecule has 11 heteroatoms. The zero-order valence-corrected chi connectivity index (χ0v) is 13.6. The van der Waals surface area contributed by atoms with Gasteiger partial charge in [-0.15, -0.1) is 5.10 Å². The van der Waals surface area contributed by atoms with E-state index in [0.29, 0.717) is 24.3 Å². The lowest BCUT2D eigenvalue weighted by Gasteiger charge is -2.11. The topological polar surface area (TPSA) is 128 Å². The van der Waals surface area contributed by atoms with Crippen molar-refractivity contribution < 1.29 is 14.9 Å². The second kappa shape index (κ2) is 5.83. The van der Waals surface area contributed by atoms with Crippen LogP contribution in [0.1, 0.15) is 18.3 Å². The molecule has 1 aliphatic rings. The molecular weight excluding hydrogens is 340 g/mol. The Morgan fingerprint density at radius 3 is 2.96 bits per heavy atom. The Hall–Kier alpha value is -2.89. The fourth-order valence-electron chi connectivity index (χ4n) is 3.23. The van der Waals surface area contributed by atoms with Crippen LogP contribution in [0.4, 0.5) is 0 Å². The van der Waals surface area contributed by atoms with E-state index in [9.17, 15) is 10.2 Å². The molecule has 1 aliphatic heterocycles. The van der Waals surface area contributed by atoms with Crippen LogP contribution in [0, 0.1) is 0 Å². The van der Waals surface area contributed by atoms with E-state index in [0.717, 1.165) is 11.2 Å². The monoisotopic (exact) mass is 356 g/mol. The molecule has 0 aliphatic carbocycles. The first-order valence-corrected chi connectivity index (χ1v) is 8.20. The Morgan fingerprint density at radius 2 is 2.12 bits per heavy atom. The molecule has 0 unspecified atom stereocenters. The third-order valence-electron chi connectivity index (χ3n) is 4.56. The Morgan fingerprint density at radius 1 is 1.19 bits per heavy atom. The van der Waals surface area contributed by atoms with Crippen molar-refractivity contribution >= 4 is 16.8 Å². The molecule has 5 heterocycles. The lowest BCUT2D eigenvalue weighted by molar-refractivity contribution is -0.0489. The second-order valence-corrected chi connectivity index (χ2v) is 6.25. The van der Waals surface area contributed by atoms with Crippen LogP contribution < -0.4 is 0 Å². The molecule has 1 saturated heterocycles. The van der Waals surface area contributed by atoms with E-state index in [1.165, 1.54) is 0 Å². The van der Waals surface area contributed by atoms with Crippen LogP contribution in [-0.2, 0) is 11.3 Å². The maximum Gasteiger partial charge on any atom is 0.167 e. The number of fused-ring (bicyclic) bond motifs is 3. The number of nitrogens with zero attached hydrogens (tertiary/aromatic N) is 8. The van der Waals surface area contributed by atoms with Crippen molar-refractivity contribution in [3.8, 4) is 0 Å². The number of ether oxygens (including phenoxy) is 1. The van der Waals surface area contributed by atoms with Crippen molar-refractivity contribution in [3.63, 3.8) is 0 Å². The molecule has 4 aromatic rings. The Balaban J connectivity index is 1.41. The van der Waals surface area contributed by atoms with Gasteiger partial charge in [0.25, 0.3) is 0 Å². The molecule has 11 nitrogen and oxygen atoms in total. The van der Waals surface area contributed by atoms with Gasteiger partial charge in [-0.1, -0.05) is 5.21 Å². The van der Waals surface area contributed by atoms with Gasteiger partial charge in [0.05, 0.1) is 31.8 Å². The molecule has 26 heavy (non-hydrogen) atoms. The van der Waals surface area contributed by atoms with Gasteiger partial charge in [-0.05, 0) is 0 Å². The van der Waals surface area contributed by atoms with Crippen molar-refractivity contribution in [2.75, 3.05) is 6.61 Å². The largest absolute Gasteiger partial charge is 0.394 e. The predicted molar refractivity (Wildman–Crippen MR) is 87.0 cm³/mol. The summed E-state index contributed by atoms with van der Waals surface area (Å²) in [5.41, 5.74) is 2.89. The SMILES string of the molecule is OC[C@H]1O[C@@H](n2cc(Cn3cnc4c3ncn3ccnc43)nn2)C[C@@H]1O. The lowest BCUT2D eigenvalue weighted by atomic mass is 10.2. The average molecular weight is 356 g/mol. The minimum absolute atomic E-state index is 0.228. The maximum absolute atomic E-state index is 9.85. The van der Waals surface area contributed by atoms with E-state index in [-0.39, 0.29) is 6.61 Å². The average Bonchev–Trinajstić information content (AvgIpc) is 3.40. The number of aliphatic hydroxyl groups is 2. The Labute approximate surface area is 146 Å². The Kier molecular flexibility index (Phi) is 3.45. The molecule has 0 amide bonds. The van der Waals surface area contributed by atoms with Crippen LogP contribution in [0.3, 0.4) is 0 Å². The number of aliphatic hydroxyl groups excluding tert-OH is 2. The van der Waals surface area contributed by atoms with Gasteiger partial charge < -0.3 is 19.5 Å². The highest BCUT2D eigenvalue weighted by molar-refractivity contribution is 5.85. The summed E-state index contributed by atoms with van der Waals surface area (Å²) in [5, 5.41) is 27.3. The molecule has 1 fully saturated rings. The van der Waals surface area contributed by atoms with Crippen LogP contribution in [0.15, 0.2) is 31.2 Å². The summed E-state index contributed by atoms with van der Waals surface area (Å²) in [4.78, 5) is 13.1. The standard InChI is InChI=1S/C15H16N8O3/c24-6-11-10(25)3-12(26-11)23-5-9(19-20-23)4-22-7-17-13-14-16-1-2-21(14)8-18-15(13)22/h1-2,5,7-8,10-12,24-25H,3-4,6H2/t10-,11+,12+/m0/s1. The number of rotatable bonds is 4. The molecule has 0 aromatic carbocycles. The summed E-state index contributed by atoms with van der Waals surface area (Å²) < 4.78 is 10.8. The molecule has 0 spiro atoms. The van der Waals surface area contributed by atoms with Crippen molar-refractivity contribution in [2.45, 2.75) is 31.4 Å². The first-order valence-electron chi connectivity index (χ1n) is 8.20. The third-order valence-corrected chi connectivity index (χ3v) is 4.56. The molecule has 5 rings (SSSR count). The summed E-state index contributed by atoms with van der Waals surface area (Å²) in [6, 6.07) is 0. The second-order valence-electron chi connectivity index (χ2n) is 6.25. The van der Waals surface area contributed by atoms with E-state index in [1.54, 1.807) is 29.7 Å². The van der Waals surface area contributed by atoms with Crippen molar-refractivity contribution in [3.05, 3.63) is 36.9 Å². The molecule has 0 bridgehead atoms. The van der Waals surface area contributed by atoms with Crippen LogP contribution in [0.5, 0.6) is 0 Å². The molecule has 0 saturated carbocycles. The molecule has 0 radical (unpaired) electrons. The van der Waals surface area contributed by atoms with E-state index in [2.05, 4.69) is 25.3 Å². The summed E-state index contributed by atoms with van der Waals surface area (Å²) in [7, 11) is 0. The van der Waals surface area contributed by atoms with Gasteiger partial charge in [0.15, 0.2) is 23.0 Å². The van der Waals surface area contributed by atoms with Crippen LogP contribution in [0.25, 0.3) is 16.8 Å². The van der Waals surface area contributed by atoms with Crippen molar-refractivity contribution in [2.24, 2.45) is 0 Å². The van der Waals surface area contributed by atoms with Gasteiger partial charge >= 0.3 is 0 Å². The highest BCUT2D eigenvalue weighted by Gasteiger charge is 2.35. The lowest BCUT2D eigenvalue weighted by Crippen LogP contribution is -2.24. The summed E-state index contributed by atoms with van der Waals surface area (Å²) in [6.45, 7) is 0.216. The number of hydrogen-bond acceptors (Lipinski definition) is 8. The normalized spacial score (nSPS) is 23.4. The summed E-state index contributed by atoms with van der Waals surface area (Å²) >= 11 is 0. The van der Waals surface area contributed by atoms with Crippen LogP contribution in [-0.4, -0.2) is 67.9 Å². The van der Waals surface area contributed by atoms with Crippen molar-refractivity contribution in [1.82, 2.24) is 38.9 Å². The van der Waals surface area contributed by atoms with Gasteiger partial charge in [0, 0.05) is 18.8 Å². The van der Waals surface area contributed by atoms with Crippen LogP contribution >= 0.6 is 0 Å². The van der Waals surface area contributed by atoms with E-state index < -0.39 is 18.4 Å². The van der Waals surface area contributed by atoms with Gasteiger partial charge in [-0.2, -0.15) is 0 Å². The molecule has 4 aromatic heterocycles. The fraction of sp³-hybridized carbons (Fsp3) is 0.400. The number of aromatic nitrogens is 8. The zero-order chi connectivity index (χ0) is 17.7. The first kappa shape index (κ1) is 15.4. The molecule has 134 valence electrons. The van der Waals surface area contributed by atoms with Gasteiger partial charge in [-0.3, -0.25) is 4.40 Å². The smallest absolute Gasteiger partial charge is 0.167 e. The summed E-state index contributed by atoms with van der Waals surface area (Å²) in [6.07, 6.45) is 7.30. The fourth-order valence-corrected chi connectivity index (χ4v) is 3.23. The van der Waals surface area contributed by atoms with Crippen molar-refractivity contribution in [1.29, 1.82) is 0 Å². The first-order chi connectivity index (χ1) is 12.7. The predicted octanol–water partition coefficient (Wildman–Crippen LogP) is -0.641. The zero-order valence-electron chi connectivity index (χ0n) is 13.6. The minimum atomic E-state index is -0.712. The molecular formula is C15H16N8O3.